The van der Waals surface area contributed by atoms with Gasteiger partial charge in [0.1, 0.15) is 12.0 Å². The number of aryl methyl sites for hydroxylation is 1. The van der Waals surface area contributed by atoms with Crippen LogP contribution >= 0.6 is 0 Å². The molecule has 2 heteroatoms. The third-order valence-corrected chi connectivity index (χ3v) is 4.34. The van der Waals surface area contributed by atoms with E-state index in [0.29, 0.717) is 5.56 Å². The van der Waals surface area contributed by atoms with Gasteiger partial charge in [-0.1, -0.05) is 71.1 Å². The lowest BCUT2D eigenvalue weighted by Crippen LogP contribution is -1.99. The molecular weight excluding hydrogens is 284 g/mol. The van der Waals surface area contributed by atoms with E-state index in [9.17, 15) is 4.79 Å². The second-order valence-corrected chi connectivity index (χ2v) is 6.53. The van der Waals surface area contributed by atoms with E-state index in [0.717, 1.165) is 30.6 Å². The molecular formula is C21H34O2. The Bertz CT molecular complexity index is 426. The number of benzene rings is 1. The minimum absolute atomic E-state index is 0.713. The number of carbonyl (C=O) groups is 1. The first-order chi connectivity index (χ1) is 11.3. The molecule has 0 spiro atoms. The summed E-state index contributed by atoms with van der Waals surface area (Å²) in [4.78, 5) is 10.7. The number of carbonyl (C=O) groups excluding carboxylic acids is 1. The first-order valence-corrected chi connectivity index (χ1v) is 9.46. The Morgan fingerprint density at radius 2 is 1.43 bits per heavy atom. The third kappa shape index (κ3) is 9.43. The summed E-state index contributed by atoms with van der Waals surface area (Å²) in [6, 6.07) is 5.59. The predicted octanol–water partition coefficient (Wildman–Crippen LogP) is 6.50. The van der Waals surface area contributed by atoms with Crippen molar-refractivity contribution in [2.75, 3.05) is 6.61 Å². The van der Waals surface area contributed by atoms with E-state index in [1.807, 2.05) is 25.1 Å². The fourth-order valence-electron chi connectivity index (χ4n) is 2.86. The van der Waals surface area contributed by atoms with Crippen molar-refractivity contribution in [1.29, 1.82) is 0 Å². The summed E-state index contributed by atoms with van der Waals surface area (Å²) in [7, 11) is 0. The van der Waals surface area contributed by atoms with E-state index in [4.69, 9.17) is 4.74 Å². The maximum absolute atomic E-state index is 10.7. The first kappa shape index (κ1) is 19.7. The maximum atomic E-state index is 10.7. The Kier molecular flexibility index (Phi) is 11.3. The van der Waals surface area contributed by atoms with Gasteiger partial charge in [0.2, 0.25) is 0 Å². The molecule has 0 fully saturated rings. The normalized spacial score (nSPS) is 10.7. The molecule has 23 heavy (non-hydrogen) atoms. The average Bonchev–Trinajstić information content (AvgIpc) is 2.57. The van der Waals surface area contributed by atoms with Crippen LogP contribution in [0.3, 0.4) is 0 Å². The van der Waals surface area contributed by atoms with Gasteiger partial charge in [0, 0.05) is 5.56 Å². The highest BCUT2D eigenvalue weighted by Gasteiger charge is 2.01. The summed E-state index contributed by atoms with van der Waals surface area (Å²) < 4.78 is 5.80. The second-order valence-electron chi connectivity index (χ2n) is 6.53. The summed E-state index contributed by atoms with van der Waals surface area (Å²) in [5.41, 5.74) is 1.75. The van der Waals surface area contributed by atoms with Gasteiger partial charge in [0.15, 0.2) is 0 Å². The monoisotopic (exact) mass is 318 g/mol. The molecule has 0 atom stereocenters. The number of unbranched alkanes of at least 4 members (excludes halogenated alkanes) is 10. The quantitative estimate of drug-likeness (QED) is 0.289. The van der Waals surface area contributed by atoms with Gasteiger partial charge in [0.25, 0.3) is 0 Å². The molecule has 0 unspecified atom stereocenters. The summed E-state index contributed by atoms with van der Waals surface area (Å²) in [6.45, 7) is 5.03. The van der Waals surface area contributed by atoms with Crippen molar-refractivity contribution in [2.24, 2.45) is 0 Å². The van der Waals surface area contributed by atoms with Crippen molar-refractivity contribution in [3.63, 3.8) is 0 Å². The number of rotatable bonds is 14. The van der Waals surface area contributed by atoms with Crippen molar-refractivity contribution in [2.45, 2.75) is 84.5 Å². The van der Waals surface area contributed by atoms with Gasteiger partial charge >= 0.3 is 0 Å². The van der Waals surface area contributed by atoms with Crippen molar-refractivity contribution >= 4 is 6.29 Å². The first-order valence-electron chi connectivity index (χ1n) is 9.46. The van der Waals surface area contributed by atoms with Gasteiger partial charge in [-0.3, -0.25) is 4.79 Å². The summed E-state index contributed by atoms with van der Waals surface area (Å²) in [5.74, 6) is 0.905. The molecule has 0 saturated carbocycles. The third-order valence-electron chi connectivity index (χ3n) is 4.34. The standard InChI is InChI=1S/C21H34O2/c1-3-4-5-6-7-8-9-10-11-12-13-16-23-21-15-14-20(18-22)17-19(21)2/h14-15,17-18H,3-13,16H2,1-2H3. The average molecular weight is 319 g/mol. The summed E-state index contributed by atoms with van der Waals surface area (Å²) in [6.07, 6.45) is 15.7. The lowest BCUT2D eigenvalue weighted by molar-refractivity contribution is 0.112. The van der Waals surface area contributed by atoms with Crippen molar-refractivity contribution < 1.29 is 9.53 Å². The minimum atomic E-state index is 0.713. The van der Waals surface area contributed by atoms with E-state index in [-0.39, 0.29) is 0 Å². The van der Waals surface area contributed by atoms with Crippen molar-refractivity contribution in [3.8, 4) is 5.75 Å². The Morgan fingerprint density at radius 3 is 1.96 bits per heavy atom. The highest BCUT2D eigenvalue weighted by atomic mass is 16.5. The van der Waals surface area contributed by atoms with Crippen LogP contribution in [0, 0.1) is 6.92 Å². The number of hydrogen-bond donors (Lipinski definition) is 0. The van der Waals surface area contributed by atoms with E-state index in [2.05, 4.69) is 6.92 Å². The molecule has 0 radical (unpaired) electrons. The molecule has 1 rings (SSSR count). The SMILES string of the molecule is CCCCCCCCCCCCCOc1ccc(C=O)cc1C. The van der Waals surface area contributed by atoms with E-state index >= 15 is 0 Å². The van der Waals surface area contributed by atoms with Crippen LogP contribution in [0.4, 0.5) is 0 Å². The second kappa shape index (κ2) is 13.2. The molecule has 0 aliphatic rings. The van der Waals surface area contributed by atoms with E-state index < -0.39 is 0 Å². The highest BCUT2D eigenvalue weighted by Crippen LogP contribution is 2.19. The van der Waals surface area contributed by atoms with Crippen LogP contribution in [-0.2, 0) is 0 Å². The lowest BCUT2D eigenvalue weighted by Gasteiger charge is -2.09. The molecule has 0 aromatic heterocycles. The van der Waals surface area contributed by atoms with Gasteiger partial charge in [-0.25, -0.2) is 0 Å². The topological polar surface area (TPSA) is 26.3 Å². The smallest absolute Gasteiger partial charge is 0.150 e. The predicted molar refractivity (Wildman–Crippen MR) is 98.5 cm³/mol. The zero-order valence-electron chi connectivity index (χ0n) is 15.1. The van der Waals surface area contributed by atoms with Crippen LogP contribution in [0.2, 0.25) is 0 Å². The van der Waals surface area contributed by atoms with Crippen LogP contribution < -0.4 is 4.74 Å². The van der Waals surface area contributed by atoms with Crippen LogP contribution in [0.25, 0.3) is 0 Å². The zero-order valence-corrected chi connectivity index (χ0v) is 15.1. The minimum Gasteiger partial charge on any atom is -0.493 e. The molecule has 0 aliphatic carbocycles. The zero-order chi connectivity index (χ0) is 16.8. The van der Waals surface area contributed by atoms with Crippen LogP contribution in [-0.4, -0.2) is 12.9 Å². The molecule has 0 heterocycles. The molecule has 0 N–H and O–H groups in total. The lowest BCUT2D eigenvalue weighted by atomic mass is 10.1. The van der Waals surface area contributed by atoms with Crippen LogP contribution in [0.5, 0.6) is 5.75 Å². The Balaban J connectivity index is 1.94. The molecule has 0 saturated heterocycles. The Labute approximate surface area is 142 Å². The molecule has 2 nitrogen and oxygen atoms in total. The van der Waals surface area contributed by atoms with Crippen LogP contribution in [0.15, 0.2) is 18.2 Å². The molecule has 0 aliphatic heterocycles. The number of aldehydes is 1. The summed E-state index contributed by atoms with van der Waals surface area (Å²) >= 11 is 0. The van der Waals surface area contributed by atoms with E-state index in [1.165, 1.54) is 64.2 Å². The van der Waals surface area contributed by atoms with Gasteiger partial charge in [-0.2, -0.15) is 0 Å². The van der Waals surface area contributed by atoms with Gasteiger partial charge in [-0.05, 0) is 37.1 Å². The fourth-order valence-corrected chi connectivity index (χ4v) is 2.86. The summed E-state index contributed by atoms with van der Waals surface area (Å²) in [5, 5.41) is 0. The maximum Gasteiger partial charge on any atom is 0.150 e. The highest BCUT2D eigenvalue weighted by molar-refractivity contribution is 5.75. The van der Waals surface area contributed by atoms with Gasteiger partial charge in [0.05, 0.1) is 6.61 Å². The van der Waals surface area contributed by atoms with Crippen LogP contribution in [0.1, 0.15) is 93.5 Å². The van der Waals surface area contributed by atoms with Gasteiger partial charge in [-0.15, -0.1) is 0 Å². The molecule has 130 valence electrons. The molecule has 0 bridgehead atoms. The number of ether oxygens (including phenoxy) is 1. The molecule has 1 aromatic rings. The number of hydrogen-bond acceptors (Lipinski definition) is 2. The largest absolute Gasteiger partial charge is 0.493 e. The van der Waals surface area contributed by atoms with E-state index in [1.54, 1.807) is 0 Å². The van der Waals surface area contributed by atoms with Crippen molar-refractivity contribution in [1.82, 2.24) is 0 Å². The Morgan fingerprint density at radius 1 is 0.870 bits per heavy atom. The van der Waals surface area contributed by atoms with Crippen molar-refractivity contribution in [3.05, 3.63) is 29.3 Å². The molecule has 0 amide bonds. The van der Waals surface area contributed by atoms with Gasteiger partial charge < -0.3 is 4.74 Å². The molecule has 1 aromatic carbocycles. The fraction of sp³-hybridized carbons (Fsp3) is 0.667. The Hall–Kier alpha value is -1.31.